The molecule has 0 aliphatic carbocycles. The van der Waals surface area contributed by atoms with Gasteiger partial charge in [0.2, 0.25) is 11.8 Å². The minimum absolute atomic E-state index is 0.0918. The fourth-order valence-corrected chi connectivity index (χ4v) is 6.56. The Balaban J connectivity index is 0.000000211. The number of anilines is 2. The number of hydrogen-bond acceptors (Lipinski definition) is 7. The lowest BCUT2D eigenvalue weighted by Crippen LogP contribution is -2.46. The first-order valence-corrected chi connectivity index (χ1v) is 20.2. The number of benzene rings is 4. The highest BCUT2D eigenvalue weighted by Crippen LogP contribution is 2.13. The molecule has 302 valence electrons. The summed E-state index contributed by atoms with van der Waals surface area (Å²) in [5, 5.41) is 9.24. The third-order valence-corrected chi connectivity index (χ3v) is 9.98. The number of hydrogen-bond donors (Lipinski definition) is 3. The van der Waals surface area contributed by atoms with Crippen LogP contribution in [0.25, 0.3) is 12.2 Å². The number of piperazine rings is 2. The summed E-state index contributed by atoms with van der Waals surface area (Å²) in [5.41, 5.74) is 8.98. The topological polar surface area (TPSA) is 97.0 Å². The van der Waals surface area contributed by atoms with Gasteiger partial charge >= 0.3 is 0 Å². The number of nitrogens with zero attached hydrogens (tertiary/aromatic N) is 3. The van der Waals surface area contributed by atoms with Gasteiger partial charge in [-0.05, 0) is 91.4 Å². The molecule has 3 N–H and O–H groups in total. The SMILES string of the molecule is Cc1cccc(NC(=O)CCN2CCN(C/C=C/c3ccccc3C)CC2)c1.Cc1cccc(NC(=O)CCN2CCNCC2)c1.Cc1ccccc1/C=C/C=O. The standard InChI is InChI=1S/C24H31N3O.C14H21N3O.C10H10O/c1-20-7-5-11-23(19-20)25-24(28)12-14-27-17-15-26(16-18-27)13-6-10-22-9-4-3-8-21(22)2;1-12-3-2-4-13(11-12)16-14(18)5-8-17-9-6-15-7-10-17;1-9-5-2-3-6-10(9)7-4-8-11/h3-11,19H,12-18H2,1-2H3,(H,25,28);2-4,11,15H,5-10H2,1H3,(H,16,18);2-8H,1H3/b10-6+;;7-4+. The van der Waals surface area contributed by atoms with Crippen LogP contribution in [0.4, 0.5) is 11.4 Å². The van der Waals surface area contributed by atoms with Crippen molar-refractivity contribution in [1.29, 1.82) is 0 Å². The van der Waals surface area contributed by atoms with Gasteiger partial charge in [0.15, 0.2) is 0 Å². The number of carbonyl (C=O) groups is 3. The van der Waals surface area contributed by atoms with Crippen LogP contribution in [-0.4, -0.2) is 105 Å². The van der Waals surface area contributed by atoms with Gasteiger partial charge in [-0.15, -0.1) is 0 Å². The van der Waals surface area contributed by atoms with E-state index in [-0.39, 0.29) is 11.8 Å². The van der Waals surface area contributed by atoms with Crippen molar-refractivity contribution in [2.75, 3.05) is 82.6 Å². The zero-order valence-electron chi connectivity index (χ0n) is 34.4. The van der Waals surface area contributed by atoms with Crippen molar-refractivity contribution in [3.63, 3.8) is 0 Å². The van der Waals surface area contributed by atoms with Gasteiger partial charge in [-0.2, -0.15) is 0 Å². The second-order valence-corrected chi connectivity index (χ2v) is 14.7. The van der Waals surface area contributed by atoms with Crippen LogP contribution in [0.2, 0.25) is 0 Å². The second-order valence-electron chi connectivity index (χ2n) is 14.7. The lowest BCUT2D eigenvalue weighted by atomic mass is 10.1. The van der Waals surface area contributed by atoms with E-state index in [2.05, 4.69) is 74.0 Å². The molecule has 0 unspecified atom stereocenters. The molecule has 57 heavy (non-hydrogen) atoms. The molecule has 2 aliphatic rings. The predicted molar refractivity (Wildman–Crippen MR) is 238 cm³/mol. The van der Waals surface area contributed by atoms with E-state index < -0.39 is 0 Å². The van der Waals surface area contributed by atoms with E-state index in [1.54, 1.807) is 0 Å². The molecule has 0 aromatic heterocycles. The fourth-order valence-electron chi connectivity index (χ4n) is 6.56. The molecule has 9 nitrogen and oxygen atoms in total. The number of carbonyl (C=O) groups excluding carboxylic acids is 3. The lowest BCUT2D eigenvalue weighted by Gasteiger charge is -2.34. The molecule has 2 fully saturated rings. The van der Waals surface area contributed by atoms with Crippen LogP contribution >= 0.6 is 0 Å². The second kappa shape index (κ2) is 25.1. The van der Waals surface area contributed by atoms with Gasteiger partial charge in [0.05, 0.1) is 0 Å². The highest BCUT2D eigenvalue weighted by Gasteiger charge is 2.17. The summed E-state index contributed by atoms with van der Waals surface area (Å²) in [6.45, 7) is 19.2. The normalized spacial score (nSPS) is 14.9. The summed E-state index contributed by atoms with van der Waals surface area (Å²) in [4.78, 5) is 41.2. The molecular formula is C48H62N6O3. The van der Waals surface area contributed by atoms with Crippen molar-refractivity contribution >= 4 is 41.6 Å². The summed E-state index contributed by atoms with van der Waals surface area (Å²) in [7, 11) is 0. The molecule has 0 saturated carbocycles. The van der Waals surface area contributed by atoms with Gasteiger partial charge in [-0.3, -0.25) is 19.3 Å². The van der Waals surface area contributed by atoms with Gasteiger partial charge < -0.3 is 25.8 Å². The summed E-state index contributed by atoms with van der Waals surface area (Å²) >= 11 is 0. The number of amides is 2. The minimum atomic E-state index is 0.0918. The third kappa shape index (κ3) is 17.7. The van der Waals surface area contributed by atoms with E-state index in [4.69, 9.17) is 0 Å². The highest BCUT2D eigenvalue weighted by atomic mass is 16.2. The van der Waals surface area contributed by atoms with E-state index in [0.717, 1.165) is 106 Å². The van der Waals surface area contributed by atoms with Crippen LogP contribution < -0.4 is 16.0 Å². The van der Waals surface area contributed by atoms with Crippen LogP contribution in [0.3, 0.4) is 0 Å². The van der Waals surface area contributed by atoms with Gasteiger partial charge in [0.1, 0.15) is 6.29 Å². The van der Waals surface area contributed by atoms with E-state index in [1.165, 1.54) is 22.8 Å². The number of rotatable bonds is 13. The smallest absolute Gasteiger partial charge is 0.225 e. The summed E-state index contributed by atoms with van der Waals surface area (Å²) in [6, 6.07) is 32.2. The molecule has 4 aromatic rings. The van der Waals surface area contributed by atoms with Crippen LogP contribution in [0.5, 0.6) is 0 Å². The Morgan fingerprint density at radius 1 is 0.596 bits per heavy atom. The maximum atomic E-state index is 12.2. The average Bonchev–Trinajstić information content (AvgIpc) is 3.21. The van der Waals surface area contributed by atoms with Crippen molar-refractivity contribution in [3.05, 3.63) is 143 Å². The van der Waals surface area contributed by atoms with E-state index in [9.17, 15) is 14.4 Å². The number of aryl methyl sites for hydroxylation is 4. The molecule has 2 aliphatic heterocycles. The van der Waals surface area contributed by atoms with Crippen molar-refractivity contribution in [2.45, 2.75) is 40.5 Å². The van der Waals surface area contributed by atoms with E-state index in [1.807, 2.05) is 99.6 Å². The molecule has 4 aromatic carbocycles. The Kier molecular flexibility index (Phi) is 19.6. The van der Waals surface area contributed by atoms with Gasteiger partial charge in [0, 0.05) is 96.2 Å². The number of aldehydes is 1. The molecule has 6 rings (SSSR count). The first-order chi connectivity index (χ1) is 27.7. The van der Waals surface area contributed by atoms with Crippen molar-refractivity contribution in [3.8, 4) is 0 Å². The Bertz CT molecular complexity index is 1890. The summed E-state index contributed by atoms with van der Waals surface area (Å²) < 4.78 is 0. The monoisotopic (exact) mass is 770 g/mol. The maximum absolute atomic E-state index is 12.2. The predicted octanol–water partition coefficient (Wildman–Crippen LogP) is 7.40. The molecule has 0 bridgehead atoms. The fraction of sp³-hybridized carbons (Fsp3) is 0.354. The lowest BCUT2D eigenvalue weighted by molar-refractivity contribution is -0.117. The Morgan fingerprint density at radius 2 is 1.07 bits per heavy atom. The first kappa shape index (κ1) is 44.5. The molecule has 9 heteroatoms. The van der Waals surface area contributed by atoms with Gasteiger partial charge in [0.25, 0.3) is 0 Å². The zero-order chi connectivity index (χ0) is 40.7. The number of allylic oxidation sites excluding steroid dienone is 1. The van der Waals surface area contributed by atoms with Crippen molar-refractivity contribution in [1.82, 2.24) is 20.0 Å². The quantitative estimate of drug-likeness (QED) is 0.0964. The van der Waals surface area contributed by atoms with Crippen molar-refractivity contribution < 1.29 is 14.4 Å². The van der Waals surface area contributed by atoms with Crippen molar-refractivity contribution in [2.24, 2.45) is 0 Å². The maximum Gasteiger partial charge on any atom is 0.225 e. The zero-order valence-corrected chi connectivity index (χ0v) is 34.4. The molecular weight excluding hydrogens is 709 g/mol. The summed E-state index contributed by atoms with van der Waals surface area (Å²) in [5.74, 6) is 0.188. The Labute approximate surface area is 340 Å². The third-order valence-electron chi connectivity index (χ3n) is 9.98. The van der Waals surface area contributed by atoms with Gasteiger partial charge in [-0.1, -0.05) is 91.0 Å². The molecule has 0 atom stereocenters. The molecule has 2 saturated heterocycles. The van der Waals surface area contributed by atoms with Crippen LogP contribution in [0, 0.1) is 27.7 Å². The Morgan fingerprint density at radius 3 is 1.56 bits per heavy atom. The minimum Gasteiger partial charge on any atom is -0.326 e. The van der Waals surface area contributed by atoms with Crippen LogP contribution in [-0.2, 0) is 14.4 Å². The largest absolute Gasteiger partial charge is 0.326 e. The van der Waals surface area contributed by atoms with E-state index in [0.29, 0.717) is 12.8 Å². The summed E-state index contributed by atoms with van der Waals surface area (Å²) in [6.07, 6.45) is 9.68. The van der Waals surface area contributed by atoms with Gasteiger partial charge in [-0.25, -0.2) is 0 Å². The van der Waals surface area contributed by atoms with Crippen LogP contribution in [0.15, 0.2) is 109 Å². The molecule has 2 heterocycles. The number of nitrogens with one attached hydrogen (secondary N) is 3. The molecule has 0 spiro atoms. The first-order valence-electron chi connectivity index (χ1n) is 20.2. The van der Waals surface area contributed by atoms with E-state index >= 15 is 0 Å². The Hall–Kier alpha value is -5.19. The molecule has 0 radical (unpaired) electrons. The average molecular weight is 771 g/mol. The molecule has 2 amide bonds. The highest BCUT2D eigenvalue weighted by molar-refractivity contribution is 5.91. The van der Waals surface area contributed by atoms with Crippen LogP contribution in [0.1, 0.15) is 46.2 Å².